The van der Waals surface area contributed by atoms with Crippen molar-refractivity contribution in [1.82, 2.24) is 118 Å². The van der Waals surface area contributed by atoms with Crippen LogP contribution in [0.5, 0.6) is 5.75 Å². The van der Waals surface area contributed by atoms with Crippen LogP contribution in [0, 0.1) is 5.92 Å². The summed E-state index contributed by atoms with van der Waals surface area (Å²) >= 11 is 0. The van der Waals surface area contributed by atoms with Crippen LogP contribution in [-0.2, 0) is 16.9 Å². The number of imidazole rings is 4. The minimum atomic E-state index is -0.971. The number of anilines is 8. The van der Waals surface area contributed by atoms with Gasteiger partial charge in [0.25, 0.3) is 0 Å². The van der Waals surface area contributed by atoms with Crippen LogP contribution in [0.2, 0.25) is 0 Å². The van der Waals surface area contributed by atoms with E-state index in [9.17, 15) is 30.0 Å². The molecule has 0 bridgehead atoms. The fourth-order valence-electron chi connectivity index (χ4n) is 16.7. The Morgan fingerprint density at radius 1 is 0.452 bits per heavy atom. The normalized spacial score (nSPS) is 16.1. The number of phenolic OH excluding ortho intramolecular Hbond substituents is 1. The van der Waals surface area contributed by atoms with Crippen LogP contribution in [0.15, 0.2) is 221 Å². The molecule has 9 N–H and O–H groups in total. The number of carboxylic acids is 2. The number of hydrogen-bond donors (Lipinski definition) is 7. The largest absolute Gasteiger partial charge is 0.508 e. The molecule has 636 valence electrons. The molecule has 126 heavy (non-hydrogen) atoms. The van der Waals surface area contributed by atoms with Crippen molar-refractivity contribution in [3.05, 3.63) is 238 Å². The molecule has 5 aliphatic rings. The van der Waals surface area contributed by atoms with Gasteiger partial charge in [-0.25, -0.2) is 29.4 Å². The first-order valence-electron chi connectivity index (χ1n) is 41.3. The number of pyridine rings is 4. The van der Waals surface area contributed by atoms with E-state index in [1.54, 1.807) is 107 Å². The molecule has 39 nitrogen and oxygen atoms in total. The molecule has 0 amide bonds. The van der Waals surface area contributed by atoms with Gasteiger partial charge in [-0.3, -0.25) is 43.1 Å². The number of hydrogen-bond acceptors (Lipinski definition) is 31. The molecule has 17 aromatic rings. The lowest BCUT2D eigenvalue weighted by molar-refractivity contribution is -0.140. The first-order chi connectivity index (χ1) is 61.6. The lowest BCUT2D eigenvalue weighted by atomic mass is 9.86. The quantitative estimate of drug-likeness (QED) is 0.0452. The van der Waals surface area contributed by atoms with E-state index in [0.29, 0.717) is 156 Å². The Hall–Kier alpha value is -15.8. The summed E-state index contributed by atoms with van der Waals surface area (Å²) in [5.41, 5.74) is 23.6. The number of β-amino-alcohol motifs (C(OH)–C–C–N with tert-alkyl or cyclic N) is 1. The molecule has 0 aliphatic carbocycles. The molecule has 19 heterocycles. The Morgan fingerprint density at radius 3 is 1.54 bits per heavy atom. The van der Waals surface area contributed by atoms with Crippen LogP contribution in [0.3, 0.4) is 0 Å². The maximum absolute atomic E-state index is 11.6. The van der Waals surface area contributed by atoms with Crippen LogP contribution in [-0.4, -0.2) is 240 Å². The molecular formula is C87H86N32O7. The molecule has 5 saturated heterocycles. The average Bonchev–Trinajstić information content (AvgIpc) is 1.49. The van der Waals surface area contributed by atoms with Crippen molar-refractivity contribution in [2.24, 2.45) is 5.92 Å². The molecule has 39 heteroatoms. The monoisotopic (exact) mass is 1690 g/mol. The van der Waals surface area contributed by atoms with Crippen LogP contribution >= 0.6 is 0 Å². The van der Waals surface area contributed by atoms with Crippen molar-refractivity contribution in [3.8, 4) is 28.6 Å². The Morgan fingerprint density at radius 2 is 0.968 bits per heavy atom. The predicted molar refractivity (Wildman–Crippen MR) is 470 cm³/mol. The van der Waals surface area contributed by atoms with Crippen LogP contribution < -0.4 is 40.9 Å². The second-order valence-electron chi connectivity index (χ2n) is 31.2. The maximum Gasteiger partial charge on any atom is 0.338 e. The number of nitrogens with two attached hydrogens (primary N) is 2. The van der Waals surface area contributed by atoms with Crippen molar-refractivity contribution >= 4 is 114 Å². The van der Waals surface area contributed by atoms with Gasteiger partial charge in [-0.15, -0.1) is 0 Å². The molecule has 0 spiro atoms. The van der Waals surface area contributed by atoms with E-state index in [4.69, 9.17) is 46.5 Å². The number of para-hydroxylation sites is 1. The number of aliphatic carboxylic acids is 1. The molecule has 3 aromatic carbocycles. The minimum Gasteiger partial charge on any atom is -0.508 e. The summed E-state index contributed by atoms with van der Waals surface area (Å²) in [7, 11) is 0. The summed E-state index contributed by atoms with van der Waals surface area (Å²) in [6.45, 7) is 8.46. The molecule has 0 radical (unpaired) electrons. The topological polar surface area (TPSA) is 468 Å². The Labute approximate surface area is 718 Å². The van der Waals surface area contributed by atoms with Gasteiger partial charge in [0, 0.05) is 127 Å². The highest BCUT2D eigenvalue weighted by atomic mass is 16.4. The minimum absolute atomic E-state index is 0.0255. The van der Waals surface area contributed by atoms with Crippen molar-refractivity contribution in [3.63, 3.8) is 0 Å². The average molecular weight is 1690 g/mol. The number of aliphatic hydroxyl groups is 2. The predicted octanol–water partition coefficient (Wildman–Crippen LogP) is 8.12. The third-order valence-electron chi connectivity index (χ3n) is 23.5. The van der Waals surface area contributed by atoms with Gasteiger partial charge in [-0.2, -0.15) is 50.1 Å². The number of nitrogen functional groups attached to an aromatic ring is 2. The number of piperazine rings is 1. The molecule has 0 saturated carbocycles. The number of aromatic hydroxyl groups is 1. The molecule has 5 fully saturated rings. The van der Waals surface area contributed by atoms with Gasteiger partial charge >= 0.3 is 11.9 Å². The van der Waals surface area contributed by atoms with Gasteiger partial charge in [-0.05, 0) is 116 Å². The summed E-state index contributed by atoms with van der Waals surface area (Å²) in [5.74, 6) is 2.92. The van der Waals surface area contributed by atoms with Gasteiger partial charge in [-0.1, -0.05) is 60.7 Å². The van der Waals surface area contributed by atoms with Crippen molar-refractivity contribution < 1.29 is 35.1 Å². The molecule has 1 unspecified atom stereocenters. The van der Waals surface area contributed by atoms with E-state index < -0.39 is 23.5 Å². The van der Waals surface area contributed by atoms with E-state index in [-0.39, 0.29) is 18.2 Å². The molecule has 22 rings (SSSR count). The summed E-state index contributed by atoms with van der Waals surface area (Å²) in [6.07, 6.45) is 29.8. The SMILES string of the molecule is Nc1nc(N2CCC(c3ccc(O)cc3)CC2)nc2c1ncn2-c1ccncc1.Nc1nc(N2CCC(n3cc(C(=O)O)cn3)CC2)nc2c1ncn2-c1ccncc1.O=C(O)C1CCN(c2nc(N3CCN(c4cccnc4)CC3)nc3c2ncn3-c2ccncc2)C1.OCCn1cnc2c(-n3ncc4ccccc43)nc(N3CC(O)(c4ccccc4)C3)nc21. The standard InChI is InChI=1S/C24H25N9O2.C23H21N7O2.C21H21N7O.C19H19N9O2/c34-23(35)17-5-9-32(15-17)21-20-22(33(16-27-20)18-3-7-25-8-4-18)29-24(28-21)31-12-10-30(11-13-31)19-2-1-6-26-14-19;31-11-10-28-15-24-19-20(28)26-22(29-13-23(32,14-29)17-7-2-1-3-8-17)27-21(19)30-18-9-5-4-6-16(18)12-25-30;22-19-18-20(28(13-24-18)16-5-9-23-10-6-16)26-21(25-19)27-11-7-15(8-12-27)14-1-3-17(29)4-2-14;20-16-15-17(27(11-22-15)13-1-5-21-6-2-13)25-19(24-16)26-7-3-14(4-8-26)28-10-12(9-23-28)18(29)30/h1-4,6-8,14,16-17H,5,9-13,15H2,(H,34,35);1-9,12,15,31-32H,10-11,13-14H2;1-6,9-10,13,15,29H,7-8,11-12H2,(H2,22,25,26);1-2,5-6,9-11,14H,3-4,7-8H2,(H,29,30)(H2,20,24,25). The van der Waals surface area contributed by atoms with E-state index in [1.807, 2.05) is 139 Å². The summed E-state index contributed by atoms with van der Waals surface area (Å²) in [5, 5.41) is 58.4. The van der Waals surface area contributed by atoms with E-state index in [2.05, 4.69) is 85.7 Å². The molecule has 1 atom stereocenters. The Bertz CT molecular complexity index is 6710. The summed E-state index contributed by atoms with van der Waals surface area (Å²) in [4.78, 5) is 108. The van der Waals surface area contributed by atoms with Gasteiger partial charge in [0.2, 0.25) is 23.8 Å². The molecular weight excluding hydrogens is 1610 g/mol. The van der Waals surface area contributed by atoms with Crippen LogP contribution in [0.4, 0.5) is 46.9 Å². The number of carbonyl (C=O) groups is 2. The second kappa shape index (κ2) is 34.6. The highest BCUT2D eigenvalue weighted by molar-refractivity contribution is 5.90. The van der Waals surface area contributed by atoms with Crippen molar-refractivity contribution in [2.75, 3.05) is 126 Å². The number of carboxylic acid groups (broad SMARTS) is 2. The Kier molecular flexibility index (Phi) is 22.0. The van der Waals surface area contributed by atoms with E-state index in [1.165, 1.54) is 11.8 Å². The third kappa shape index (κ3) is 16.2. The third-order valence-corrected chi connectivity index (χ3v) is 23.5. The number of fused-ring (bicyclic) bond motifs is 5. The number of aliphatic hydroxyl groups excluding tert-OH is 1. The summed E-state index contributed by atoms with van der Waals surface area (Å²) in [6, 6.07) is 40.6. The number of piperidine rings is 2. The zero-order valence-corrected chi connectivity index (χ0v) is 68.1. The van der Waals surface area contributed by atoms with Gasteiger partial charge in [0.15, 0.2) is 67.9 Å². The first kappa shape index (κ1) is 80.0. The fraction of sp³-hybridized carbons (Fsp3) is 0.264. The van der Waals surface area contributed by atoms with Gasteiger partial charge in [0.1, 0.15) is 30.3 Å². The number of nitrogens with zero attached hydrogens (tertiary/aromatic N) is 30. The van der Waals surface area contributed by atoms with Gasteiger partial charge in [0.05, 0.1) is 90.4 Å². The second-order valence-corrected chi connectivity index (χ2v) is 31.2. The lowest BCUT2D eigenvalue weighted by Gasteiger charge is -2.46. The van der Waals surface area contributed by atoms with Crippen molar-refractivity contribution in [1.29, 1.82) is 0 Å². The van der Waals surface area contributed by atoms with E-state index in [0.717, 1.165) is 104 Å². The molecule has 5 aliphatic heterocycles. The highest BCUT2D eigenvalue weighted by Gasteiger charge is 2.45. The van der Waals surface area contributed by atoms with Gasteiger partial charge < -0.3 is 71.0 Å². The van der Waals surface area contributed by atoms with Crippen LogP contribution in [0.1, 0.15) is 65.5 Å². The zero-order valence-electron chi connectivity index (χ0n) is 68.1. The highest BCUT2D eigenvalue weighted by Crippen LogP contribution is 2.39. The number of rotatable bonds is 17. The Balaban J connectivity index is 0.000000110. The molecule has 14 aromatic heterocycles. The lowest BCUT2D eigenvalue weighted by Crippen LogP contribution is -2.60. The fourth-order valence-corrected chi connectivity index (χ4v) is 16.7. The van der Waals surface area contributed by atoms with Crippen molar-refractivity contribution in [2.45, 2.75) is 56.2 Å². The van der Waals surface area contributed by atoms with E-state index >= 15 is 0 Å². The number of aromatic nitrogens is 24. The number of aromatic carboxylic acids is 1. The first-order valence-corrected chi connectivity index (χ1v) is 41.3. The zero-order chi connectivity index (χ0) is 85.9. The summed E-state index contributed by atoms with van der Waals surface area (Å²) < 4.78 is 11.0. The maximum atomic E-state index is 11.6. The van der Waals surface area contributed by atoms with Crippen LogP contribution in [0.25, 0.3) is 78.4 Å². The number of phenols is 1. The smallest absolute Gasteiger partial charge is 0.338 e. The number of benzene rings is 3.